The van der Waals surface area contributed by atoms with Gasteiger partial charge in [0.2, 0.25) is 11.7 Å². The van der Waals surface area contributed by atoms with Crippen molar-refractivity contribution in [3.05, 3.63) is 22.1 Å². The fraction of sp³-hybridized carbons (Fsp3) is 0.583. The average Bonchev–Trinajstić information content (AvgIpc) is 2.80. The van der Waals surface area contributed by atoms with Crippen molar-refractivity contribution in [1.82, 2.24) is 14.5 Å². The summed E-state index contributed by atoms with van der Waals surface area (Å²) in [5.41, 5.74) is 0. The summed E-state index contributed by atoms with van der Waals surface area (Å²) >= 11 is 1.62. The Labute approximate surface area is 130 Å². The lowest BCUT2D eigenvalue weighted by molar-refractivity contribution is -0.389. The second kappa shape index (κ2) is 6.77. The molecule has 0 aromatic carbocycles. The summed E-state index contributed by atoms with van der Waals surface area (Å²) in [6, 6.07) is -0.345. The van der Waals surface area contributed by atoms with E-state index >= 15 is 0 Å². The summed E-state index contributed by atoms with van der Waals surface area (Å²) in [6.45, 7) is 1.99. The number of aryl methyl sites for hydroxylation is 1. The molecular weight excluding hydrogens is 312 g/mol. The molecule has 0 saturated carbocycles. The largest absolute Gasteiger partial charge is 0.481 e. The van der Waals surface area contributed by atoms with Crippen molar-refractivity contribution in [2.24, 2.45) is 0 Å². The molecule has 10 heteroatoms. The van der Waals surface area contributed by atoms with Crippen LogP contribution in [0.5, 0.6) is 0 Å². The summed E-state index contributed by atoms with van der Waals surface area (Å²) in [5, 5.41) is 19.6. The minimum absolute atomic E-state index is 0.0759. The zero-order valence-corrected chi connectivity index (χ0v) is 12.8. The Morgan fingerprint density at radius 3 is 2.91 bits per heavy atom. The maximum absolute atomic E-state index is 12.4. The number of carbonyl (C=O) groups is 2. The van der Waals surface area contributed by atoms with Crippen LogP contribution in [0, 0.1) is 17.0 Å². The van der Waals surface area contributed by atoms with Crippen LogP contribution in [0.2, 0.25) is 0 Å². The first-order valence-corrected chi connectivity index (χ1v) is 7.81. The van der Waals surface area contributed by atoms with Crippen LogP contribution in [0.4, 0.5) is 5.82 Å². The SMILES string of the molecule is Cc1nc([N+](=O)[O-])cn1CC(=O)N1CCSCC1CC(=O)O. The van der Waals surface area contributed by atoms with Gasteiger partial charge < -0.3 is 20.1 Å². The smallest absolute Gasteiger partial charge is 0.381 e. The summed E-state index contributed by atoms with van der Waals surface area (Å²) < 4.78 is 1.42. The van der Waals surface area contributed by atoms with Gasteiger partial charge in [-0.05, 0) is 9.91 Å². The average molecular weight is 328 g/mol. The third-order valence-corrected chi connectivity index (χ3v) is 4.51. The molecule has 1 aromatic heterocycles. The molecular formula is C12H16N4O5S. The number of carboxylic acids is 1. The zero-order valence-electron chi connectivity index (χ0n) is 12.0. The molecule has 0 spiro atoms. The van der Waals surface area contributed by atoms with Crippen molar-refractivity contribution in [3.8, 4) is 0 Å². The molecule has 1 aromatic rings. The number of amides is 1. The molecule has 9 nitrogen and oxygen atoms in total. The van der Waals surface area contributed by atoms with Gasteiger partial charge in [-0.3, -0.25) is 14.2 Å². The predicted octanol–water partition coefficient (Wildman–Crippen LogP) is 0.518. The van der Waals surface area contributed by atoms with Gasteiger partial charge in [-0.2, -0.15) is 11.8 Å². The Kier molecular flexibility index (Phi) is 5.01. The number of aliphatic carboxylic acids is 1. The molecule has 22 heavy (non-hydrogen) atoms. The van der Waals surface area contributed by atoms with E-state index in [0.717, 1.165) is 5.75 Å². The lowest BCUT2D eigenvalue weighted by atomic mass is 10.2. The molecule has 0 bridgehead atoms. The van der Waals surface area contributed by atoms with E-state index in [1.165, 1.54) is 10.8 Å². The van der Waals surface area contributed by atoms with Crippen LogP contribution in [0.1, 0.15) is 12.2 Å². The number of hydrogen-bond acceptors (Lipinski definition) is 6. The molecule has 1 fully saturated rings. The number of nitro groups is 1. The first-order valence-electron chi connectivity index (χ1n) is 6.65. The molecule has 1 saturated heterocycles. The highest BCUT2D eigenvalue weighted by Gasteiger charge is 2.29. The topological polar surface area (TPSA) is 119 Å². The van der Waals surface area contributed by atoms with Crippen LogP contribution in [0.3, 0.4) is 0 Å². The number of rotatable bonds is 5. The van der Waals surface area contributed by atoms with Crippen LogP contribution >= 0.6 is 11.8 Å². The molecule has 0 aliphatic carbocycles. The van der Waals surface area contributed by atoms with Crippen molar-refractivity contribution in [2.45, 2.75) is 25.9 Å². The van der Waals surface area contributed by atoms with Crippen molar-refractivity contribution >= 4 is 29.5 Å². The Bertz CT molecular complexity index is 602. The third-order valence-electron chi connectivity index (χ3n) is 3.41. The van der Waals surface area contributed by atoms with E-state index in [4.69, 9.17) is 5.11 Å². The Hall–Kier alpha value is -2.10. The van der Waals surface area contributed by atoms with Gasteiger partial charge in [0, 0.05) is 25.0 Å². The number of thioether (sulfide) groups is 1. The zero-order chi connectivity index (χ0) is 16.3. The number of aromatic nitrogens is 2. The fourth-order valence-corrected chi connectivity index (χ4v) is 3.39. The summed E-state index contributed by atoms with van der Waals surface area (Å²) in [6.07, 6.45) is 1.12. The number of hydrogen-bond donors (Lipinski definition) is 1. The molecule has 0 radical (unpaired) electrons. The highest BCUT2D eigenvalue weighted by molar-refractivity contribution is 7.99. The summed E-state index contributed by atoms with van der Waals surface area (Å²) in [4.78, 5) is 38.7. The van der Waals surface area contributed by atoms with E-state index in [9.17, 15) is 19.7 Å². The minimum atomic E-state index is -0.945. The third kappa shape index (κ3) is 3.75. The maximum atomic E-state index is 12.4. The molecule has 1 atom stereocenters. The van der Waals surface area contributed by atoms with Crippen molar-refractivity contribution < 1.29 is 19.6 Å². The molecule has 1 aliphatic heterocycles. The van der Waals surface area contributed by atoms with Crippen LogP contribution in [0.15, 0.2) is 6.20 Å². The predicted molar refractivity (Wildman–Crippen MR) is 78.7 cm³/mol. The van der Waals surface area contributed by atoms with Gasteiger partial charge in [0.1, 0.15) is 12.7 Å². The molecule has 120 valence electrons. The normalized spacial score (nSPS) is 18.2. The van der Waals surface area contributed by atoms with Gasteiger partial charge in [-0.1, -0.05) is 0 Å². The summed E-state index contributed by atoms with van der Waals surface area (Å²) in [7, 11) is 0. The van der Waals surface area contributed by atoms with Crippen molar-refractivity contribution in [3.63, 3.8) is 0 Å². The van der Waals surface area contributed by atoms with Crippen LogP contribution in [0.25, 0.3) is 0 Å². The first-order chi connectivity index (χ1) is 10.4. The van der Waals surface area contributed by atoms with Crippen LogP contribution in [-0.2, 0) is 16.1 Å². The second-order valence-corrected chi connectivity index (χ2v) is 6.09. The molecule has 1 amide bonds. The molecule has 1 unspecified atom stereocenters. The Balaban J connectivity index is 2.09. The van der Waals surface area contributed by atoms with E-state index < -0.39 is 10.9 Å². The second-order valence-electron chi connectivity index (χ2n) is 4.95. The molecule has 1 N–H and O–H groups in total. The van der Waals surface area contributed by atoms with Crippen molar-refractivity contribution in [1.29, 1.82) is 0 Å². The highest BCUT2D eigenvalue weighted by Crippen LogP contribution is 2.20. The van der Waals surface area contributed by atoms with E-state index in [2.05, 4.69) is 4.98 Å². The van der Waals surface area contributed by atoms with Crippen LogP contribution < -0.4 is 0 Å². The standard InChI is InChI=1S/C12H16N4O5S/c1-8-13-10(16(20)21)5-14(8)6-11(17)15-2-3-22-7-9(15)4-12(18)19/h5,9H,2-4,6-7H2,1H3,(H,18,19). The number of carbonyl (C=O) groups excluding carboxylic acids is 1. The quantitative estimate of drug-likeness (QED) is 0.618. The number of nitrogens with zero attached hydrogens (tertiary/aromatic N) is 4. The van der Waals surface area contributed by atoms with Gasteiger partial charge >= 0.3 is 11.8 Å². The molecule has 2 heterocycles. The van der Waals surface area contributed by atoms with Crippen LogP contribution in [-0.4, -0.2) is 60.4 Å². The van der Waals surface area contributed by atoms with Gasteiger partial charge in [-0.25, -0.2) is 0 Å². The Morgan fingerprint density at radius 2 is 2.32 bits per heavy atom. The van der Waals surface area contributed by atoms with E-state index in [1.807, 2.05) is 0 Å². The number of imidazole rings is 1. The highest BCUT2D eigenvalue weighted by atomic mass is 32.2. The van der Waals surface area contributed by atoms with E-state index in [1.54, 1.807) is 23.6 Å². The summed E-state index contributed by atoms with van der Waals surface area (Å²) in [5.74, 6) is 0.218. The first kappa shape index (κ1) is 16.3. The van der Waals surface area contributed by atoms with E-state index in [-0.39, 0.29) is 30.7 Å². The van der Waals surface area contributed by atoms with Crippen molar-refractivity contribution in [2.75, 3.05) is 18.1 Å². The lowest BCUT2D eigenvalue weighted by Crippen LogP contribution is -2.48. The van der Waals surface area contributed by atoms with Gasteiger partial charge in [0.05, 0.1) is 12.5 Å². The fourth-order valence-electron chi connectivity index (χ4n) is 2.33. The lowest BCUT2D eigenvalue weighted by Gasteiger charge is -2.34. The Morgan fingerprint density at radius 1 is 1.59 bits per heavy atom. The molecule has 1 aliphatic rings. The number of carboxylic acid groups (broad SMARTS) is 1. The van der Waals surface area contributed by atoms with Gasteiger partial charge in [0.25, 0.3) is 0 Å². The minimum Gasteiger partial charge on any atom is -0.481 e. The van der Waals surface area contributed by atoms with E-state index in [0.29, 0.717) is 18.1 Å². The monoisotopic (exact) mass is 328 g/mol. The van der Waals surface area contributed by atoms with Gasteiger partial charge in [0.15, 0.2) is 0 Å². The van der Waals surface area contributed by atoms with Gasteiger partial charge in [-0.15, -0.1) is 0 Å². The molecule has 2 rings (SSSR count). The maximum Gasteiger partial charge on any atom is 0.381 e.